The van der Waals surface area contributed by atoms with E-state index < -0.39 is 0 Å². The van der Waals surface area contributed by atoms with E-state index in [1.165, 1.54) is 31.2 Å². The van der Waals surface area contributed by atoms with Crippen molar-refractivity contribution in [3.05, 3.63) is 23.9 Å². The molecule has 1 aliphatic rings. The average molecular weight is 332 g/mol. The SMILES string of the molecule is CN=C(NCCC(C)C)NCc1ccc(N2CCCCCC2)nc1. The van der Waals surface area contributed by atoms with E-state index in [-0.39, 0.29) is 0 Å². The number of pyridine rings is 1. The Balaban J connectivity index is 1.80. The predicted molar refractivity (Wildman–Crippen MR) is 103 cm³/mol. The lowest BCUT2D eigenvalue weighted by Crippen LogP contribution is -2.37. The second kappa shape index (κ2) is 10.2. The fraction of sp³-hybridized carbons (Fsp3) is 0.684. The molecule has 0 spiro atoms. The second-order valence-corrected chi connectivity index (χ2v) is 6.96. The van der Waals surface area contributed by atoms with Gasteiger partial charge in [-0.05, 0) is 36.8 Å². The van der Waals surface area contributed by atoms with Crippen LogP contribution in [0.5, 0.6) is 0 Å². The van der Waals surface area contributed by atoms with E-state index in [1.807, 2.05) is 13.2 Å². The molecule has 0 atom stereocenters. The van der Waals surface area contributed by atoms with Gasteiger partial charge in [0.15, 0.2) is 5.96 Å². The molecule has 1 aliphatic heterocycles. The fourth-order valence-corrected chi connectivity index (χ4v) is 2.89. The number of rotatable bonds is 6. The van der Waals surface area contributed by atoms with Crippen molar-refractivity contribution in [2.75, 3.05) is 31.6 Å². The molecule has 0 unspecified atom stereocenters. The van der Waals surface area contributed by atoms with E-state index in [0.29, 0.717) is 5.92 Å². The summed E-state index contributed by atoms with van der Waals surface area (Å²) < 4.78 is 0. The van der Waals surface area contributed by atoms with Gasteiger partial charge in [-0.15, -0.1) is 0 Å². The van der Waals surface area contributed by atoms with Gasteiger partial charge in [0.05, 0.1) is 0 Å². The lowest BCUT2D eigenvalue weighted by Gasteiger charge is -2.21. The Bertz CT molecular complexity index is 487. The van der Waals surface area contributed by atoms with Crippen LogP contribution in [0.4, 0.5) is 5.82 Å². The normalized spacial score (nSPS) is 16.2. The van der Waals surface area contributed by atoms with Gasteiger partial charge in [-0.1, -0.05) is 32.8 Å². The summed E-state index contributed by atoms with van der Waals surface area (Å²) in [5.41, 5.74) is 1.18. The smallest absolute Gasteiger partial charge is 0.191 e. The van der Waals surface area contributed by atoms with Crippen molar-refractivity contribution in [3.63, 3.8) is 0 Å². The zero-order valence-corrected chi connectivity index (χ0v) is 15.5. The summed E-state index contributed by atoms with van der Waals surface area (Å²) in [7, 11) is 1.81. The van der Waals surface area contributed by atoms with Crippen molar-refractivity contribution in [2.24, 2.45) is 10.9 Å². The zero-order valence-electron chi connectivity index (χ0n) is 15.5. The predicted octanol–water partition coefficient (Wildman–Crippen LogP) is 3.17. The Morgan fingerprint density at radius 1 is 1.17 bits per heavy atom. The topological polar surface area (TPSA) is 52.6 Å². The molecule has 0 bridgehead atoms. The Labute approximate surface area is 147 Å². The minimum Gasteiger partial charge on any atom is -0.357 e. The van der Waals surface area contributed by atoms with Gasteiger partial charge in [-0.25, -0.2) is 4.98 Å². The van der Waals surface area contributed by atoms with Crippen LogP contribution in [0.15, 0.2) is 23.3 Å². The van der Waals surface area contributed by atoms with Crippen LogP contribution in [-0.4, -0.2) is 37.6 Å². The molecule has 0 amide bonds. The van der Waals surface area contributed by atoms with Gasteiger partial charge < -0.3 is 15.5 Å². The molecule has 0 aliphatic carbocycles. The minimum absolute atomic E-state index is 0.700. The highest BCUT2D eigenvalue weighted by Crippen LogP contribution is 2.17. The van der Waals surface area contributed by atoms with Crippen molar-refractivity contribution in [2.45, 2.75) is 52.5 Å². The van der Waals surface area contributed by atoms with Gasteiger partial charge >= 0.3 is 0 Å². The summed E-state index contributed by atoms with van der Waals surface area (Å²) in [6.45, 7) is 8.43. The number of hydrogen-bond acceptors (Lipinski definition) is 3. The standard InChI is InChI=1S/C19H33N5/c1-16(2)10-11-21-19(20-3)23-15-17-8-9-18(22-14-17)24-12-6-4-5-7-13-24/h8-9,14,16H,4-7,10-13,15H2,1-3H3,(H2,20,21,23). The molecule has 0 saturated carbocycles. The Hall–Kier alpha value is -1.78. The van der Waals surface area contributed by atoms with Crippen molar-refractivity contribution in [3.8, 4) is 0 Å². The average Bonchev–Trinajstić information content (AvgIpc) is 2.87. The number of nitrogens with one attached hydrogen (secondary N) is 2. The fourth-order valence-electron chi connectivity index (χ4n) is 2.89. The van der Waals surface area contributed by atoms with Gasteiger partial charge in [0, 0.05) is 39.4 Å². The molecule has 1 fully saturated rings. The second-order valence-electron chi connectivity index (χ2n) is 6.96. The molecule has 1 aromatic rings. The molecular formula is C19H33N5. The highest BCUT2D eigenvalue weighted by molar-refractivity contribution is 5.79. The first kappa shape index (κ1) is 18.6. The molecule has 0 aromatic carbocycles. The molecule has 134 valence electrons. The third-order valence-corrected chi connectivity index (χ3v) is 4.44. The number of nitrogens with zero attached hydrogens (tertiary/aromatic N) is 3. The summed E-state index contributed by atoms with van der Waals surface area (Å²) in [5.74, 6) is 2.67. The molecule has 1 saturated heterocycles. The molecule has 5 nitrogen and oxygen atoms in total. The largest absolute Gasteiger partial charge is 0.357 e. The number of hydrogen-bond donors (Lipinski definition) is 2. The third-order valence-electron chi connectivity index (χ3n) is 4.44. The zero-order chi connectivity index (χ0) is 17.2. The molecule has 5 heteroatoms. The summed E-state index contributed by atoms with van der Waals surface area (Å²) in [6, 6.07) is 4.32. The maximum atomic E-state index is 4.66. The monoisotopic (exact) mass is 331 g/mol. The van der Waals surface area contributed by atoms with Gasteiger partial charge in [0.25, 0.3) is 0 Å². The quantitative estimate of drug-likeness (QED) is 0.621. The highest BCUT2D eigenvalue weighted by Gasteiger charge is 2.10. The van der Waals surface area contributed by atoms with Crippen molar-refractivity contribution >= 4 is 11.8 Å². The van der Waals surface area contributed by atoms with Crippen LogP contribution in [0.2, 0.25) is 0 Å². The number of aliphatic imine (C=N–C) groups is 1. The third kappa shape index (κ3) is 6.38. The van der Waals surface area contributed by atoms with Gasteiger partial charge in [0.1, 0.15) is 5.82 Å². The van der Waals surface area contributed by atoms with E-state index >= 15 is 0 Å². The number of anilines is 1. The maximum Gasteiger partial charge on any atom is 0.191 e. The molecule has 1 aromatic heterocycles. The summed E-state index contributed by atoms with van der Waals surface area (Å²) in [6.07, 6.45) is 8.39. The lowest BCUT2D eigenvalue weighted by atomic mass is 10.1. The summed E-state index contributed by atoms with van der Waals surface area (Å²) in [4.78, 5) is 11.3. The Kier molecular flexibility index (Phi) is 7.86. The Morgan fingerprint density at radius 3 is 2.50 bits per heavy atom. The minimum atomic E-state index is 0.700. The van der Waals surface area contributed by atoms with E-state index in [1.54, 1.807) is 0 Å². The van der Waals surface area contributed by atoms with Crippen LogP contribution >= 0.6 is 0 Å². The van der Waals surface area contributed by atoms with E-state index in [4.69, 9.17) is 0 Å². The highest BCUT2D eigenvalue weighted by atomic mass is 15.2. The first-order valence-corrected chi connectivity index (χ1v) is 9.33. The molecule has 2 N–H and O–H groups in total. The van der Waals surface area contributed by atoms with E-state index in [9.17, 15) is 0 Å². The van der Waals surface area contributed by atoms with Crippen molar-refractivity contribution < 1.29 is 0 Å². The summed E-state index contributed by atoms with van der Waals surface area (Å²) >= 11 is 0. The lowest BCUT2D eigenvalue weighted by molar-refractivity contribution is 0.573. The summed E-state index contributed by atoms with van der Waals surface area (Å²) in [5, 5.41) is 6.71. The van der Waals surface area contributed by atoms with Crippen LogP contribution in [-0.2, 0) is 6.54 Å². The van der Waals surface area contributed by atoms with Gasteiger partial charge in [0.2, 0.25) is 0 Å². The first-order chi connectivity index (χ1) is 11.7. The van der Waals surface area contributed by atoms with E-state index in [0.717, 1.165) is 44.4 Å². The van der Waals surface area contributed by atoms with E-state index in [2.05, 4.69) is 51.5 Å². The number of guanidine groups is 1. The maximum absolute atomic E-state index is 4.66. The van der Waals surface area contributed by atoms with Gasteiger partial charge in [-0.3, -0.25) is 4.99 Å². The number of aromatic nitrogens is 1. The molecular weight excluding hydrogens is 298 g/mol. The van der Waals surface area contributed by atoms with Crippen LogP contribution in [0, 0.1) is 5.92 Å². The van der Waals surface area contributed by atoms with Crippen molar-refractivity contribution in [1.82, 2.24) is 15.6 Å². The van der Waals surface area contributed by atoms with Crippen LogP contribution in [0.3, 0.4) is 0 Å². The van der Waals surface area contributed by atoms with Crippen LogP contribution in [0.1, 0.15) is 51.5 Å². The molecule has 2 heterocycles. The van der Waals surface area contributed by atoms with Crippen LogP contribution in [0.25, 0.3) is 0 Å². The van der Waals surface area contributed by atoms with Gasteiger partial charge in [-0.2, -0.15) is 0 Å². The molecule has 0 radical (unpaired) electrons. The Morgan fingerprint density at radius 2 is 1.92 bits per heavy atom. The van der Waals surface area contributed by atoms with Crippen molar-refractivity contribution in [1.29, 1.82) is 0 Å². The first-order valence-electron chi connectivity index (χ1n) is 9.33. The molecule has 24 heavy (non-hydrogen) atoms. The van der Waals surface area contributed by atoms with Crippen LogP contribution < -0.4 is 15.5 Å². The molecule has 2 rings (SSSR count).